The fourth-order valence-corrected chi connectivity index (χ4v) is 5.72. The fourth-order valence-electron chi connectivity index (χ4n) is 3.22. The molecule has 0 atom stereocenters. The molecule has 0 aliphatic carbocycles. The standard InChI is InChI=1S/C24H27Si/c1-4-19-7-13-22(14-8-19)25(23-15-9-20(5-2)10-16-23)24-17-11-21(6-3)12-18-24/h7-18H,4-6H2,1-3H3. The van der Waals surface area contributed by atoms with E-state index < -0.39 is 8.80 Å². The summed E-state index contributed by atoms with van der Waals surface area (Å²) in [6.07, 6.45) is 3.29. The molecule has 3 aromatic carbocycles. The van der Waals surface area contributed by atoms with Gasteiger partial charge in [-0.2, -0.15) is 0 Å². The minimum atomic E-state index is -0.951. The normalized spacial score (nSPS) is 11.0. The summed E-state index contributed by atoms with van der Waals surface area (Å²) in [5, 5.41) is 4.40. The Morgan fingerprint density at radius 3 is 0.880 bits per heavy atom. The summed E-state index contributed by atoms with van der Waals surface area (Å²) in [4.78, 5) is 0. The van der Waals surface area contributed by atoms with Crippen LogP contribution in [-0.2, 0) is 19.3 Å². The molecule has 0 aliphatic heterocycles. The largest absolute Gasteiger partial charge is 0.154 e. The van der Waals surface area contributed by atoms with Gasteiger partial charge in [-0.15, -0.1) is 0 Å². The second kappa shape index (κ2) is 8.31. The summed E-state index contributed by atoms with van der Waals surface area (Å²) in [6.45, 7) is 6.65. The summed E-state index contributed by atoms with van der Waals surface area (Å²) in [7, 11) is -0.951. The maximum absolute atomic E-state index is 2.34. The van der Waals surface area contributed by atoms with Crippen LogP contribution in [-0.4, -0.2) is 8.80 Å². The molecule has 0 saturated carbocycles. The van der Waals surface area contributed by atoms with Crippen LogP contribution >= 0.6 is 0 Å². The Hall–Kier alpha value is -2.12. The monoisotopic (exact) mass is 343 g/mol. The van der Waals surface area contributed by atoms with Gasteiger partial charge in [-0.3, -0.25) is 0 Å². The van der Waals surface area contributed by atoms with Gasteiger partial charge in [0.1, 0.15) is 0 Å². The van der Waals surface area contributed by atoms with Crippen molar-refractivity contribution >= 4 is 24.4 Å². The smallest absolute Gasteiger partial charge is 0.0621 e. The molecule has 0 unspecified atom stereocenters. The third-order valence-electron chi connectivity index (χ3n) is 4.95. The Bertz CT molecular complexity index is 670. The molecule has 1 heteroatoms. The Morgan fingerprint density at radius 1 is 0.440 bits per heavy atom. The topological polar surface area (TPSA) is 0 Å². The van der Waals surface area contributed by atoms with E-state index in [2.05, 4.69) is 93.6 Å². The zero-order valence-electron chi connectivity index (χ0n) is 15.5. The Labute approximate surface area is 154 Å². The highest BCUT2D eigenvalue weighted by Gasteiger charge is 2.19. The number of benzene rings is 3. The van der Waals surface area contributed by atoms with Crippen LogP contribution in [0.5, 0.6) is 0 Å². The maximum Gasteiger partial charge on any atom is 0.154 e. The van der Waals surface area contributed by atoms with Crippen molar-refractivity contribution in [3.63, 3.8) is 0 Å². The lowest BCUT2D eigenvalue weighted by atomic mass is 10.2. The highest BCUT2D eigenvalue weighted by Crippen LogP contribution is 2.04. The van der Waals surface area contributed by atoms with Crippen molar-refractivity contribution in [3.8, 4) is 0 Å². The molecule has 3 aromatic rings. The van der Waals surface area contributed by atoms with Gasteiger partial charge >= 0.3 is 0 Å². The van der Waals surface area contributed by atoms with Crippen molar-refractivity contribution in [3.05, 3.63) is 89.5 Å². The predicted octanol–water partition coefficient (Wildman–Crippen LogP) is 3.89. The maximum atomic E-state index is 2.34. The molecule has 0 heterocycles. The van der Waals surface area contributed by atoms with Crippen molar-refractivity contribution in [2.24, 2.45) is 0 Å². The highest BCUT2D eigenvalue weighted by molar-refractivity contribution is 6.95. The summed E-state index contributed by atoms with van der Waals surface area (Å²) >= 11 is 0. The average Bonchev–Trinajstić information content (AvgIpc) is 2.70. The first-order chi connectivity index (χ1) is 12.2. The molecule has 0 nitrogen and oxygen atoms in total. The van der Waals surface area contributed by atoms with Gasteiger partial charge in [-0.25, -0.2) is 0 Å². The molecule has 0 N–H and O–H groups in total. The second-order valence-corrected chi connectivity index (χ2v) is 9.01. The quantitative estimate of drug-likeness (QED) is 0.470. The SMILES string of the molecule is CCc1ccc([Si](c2ccc(CC)cc2)c2ccc(CC)cc2)cc1. The number of hydrogen-bond acceptors (Lipinski definition) is 0. The number of rotatable bonds is 6. The van der Waals surface area contributed by atoms with Crippen LogP contribution in [0, 0.1) is 0 Å². The van der Waals surface area contributed by atoms with Gasteiger partial charge < -0.3 is 0 Å². The Balaban J connectivity index is 2.04. The summed E-state index contributed by atoms with van der Waals surface area (Å²) in [5.41, 5.74) is 4.23. The van der Waals surface area contributed by atoms with Crippen LogP contribution < -0.4 is 15.6 Å². The van der Waals surface area contributed by atoms with Gasteiger partial charge in [0.05, 0.1) is 0 Å². The molecule has 0 spiro atoms. The van der Waals surface area contributed by atoms with E-state index in [0.717, 1.165) is 19.3 Å². The third-order valence-corrected chi connectivity index (χ3v) is 7.68. The van der Waals surface area contributed by atoms with Crippen LogP contribution in [0.4, 0.5) is 0 Å². The minimum absolute atomic E-state index is 0.951. The van der Waals surface area contributed by atoms with E-state index in [0.29, 0.717) is 0 Å². The molecular weight excluding hydrogens is 316 g/mol. The summed E-state index contributed by atoms with van der Waals surface area (Å²) < 4.78 is 0. The Kier molecular flexibility index (Phi) is 5.88. The van der Waals surface area contributed by atoms with Gasteiger partial charge in [0, 0.05) is 0 Å². The number of hydrogen-bond donors (Lipinski definition) is 0. The van der Waals surface area contributed by atoms with Crippen molar-refractivity contribution in [1.82, 2.24) is 0 Å². The molecule has 0 aromatic heterocycles. The van der Waals surface area contributed by atoms with Gasteiger partial charge in [-0.1, -0.05) is 109 Å². The molecule has 1 radical (unpaired) electrons. The van der Waals surface area contributed by atoms with E-state index in [1.54, 1.807) is 0 Å². The van der Waals surface area contributed by atoms with E-state index >= 15 is 0 Å². The first-order valence-electron chi connectivity index (χ1n) is 9.40. The zero-order valence-corrected chi connectivity index (χ0v) is 16.5. The van der Waals surface area contributed by atoms with Gasteiger partial charge in [0.25, 0.3) is 0 Å². The van der Waals surface area contributed by atoms with Crippen LogP contribution in [0.2, 0.25) is 0 Å². The van der Waals surface area contributed by atoms with Crippen LogP contribution in [0.25, 0.3) is 0 Å². The molecule has 0 bridgehead atoms. The lowest BCUT2D eigenvalue weighted by Gasteiger charge is -2.18. The highest BCUT2D eigenvalue weighted by atomic mass is 28.3. The molecule has 127 valence electrons. The van der Waals surface area contributed by atoms with E-state index in [1.165, 1.54) is 32.3 Å². The Morgan fingerprint density at radius 2 is 0.680 bits per heavy atom. The van der Waals surface area contributed by atoms with E-state index in [4.69, 9.17) is 0 Å². The van der Waals surface area contributed by atoms with Gasteiger partial charge in [0.2, 0.25) is 0 Å². The molecule has 25 heavy (non-hydrogen) atoms. The van der Waals surface area contributed by atoms with Crippen LogP contribution in [0.3, 0.4) is 0 Å². The molecular formula is C24H27Si. The second-order valence-electron chi connectivity index (χ2n) is 6.53. The lowest BCUT2D eigenvalue weighted by Crippen LogP contribution is -2.51. The zero-order chi connectivity index (χ0) is 17.6. The third kappa shape index (κ3) is 4.11. The number of aryl methyl sites for hydroxylation is 3. The fraction of sp³-hybridized carbons (Fsp3) is 0.250. The molecule has 0 aliphatic rings. The first kappa shape index (κ1) is 17.7. The van der Waals surface area contributed by atoms with E-state index in [9.17, 15) is 0 Å². The molecule has 0 saturated heterocycles. The predicted molar refractivity (Wildman–Crippen MR) is 112 cm³/mol. The van der Waals surface area contributed by atoms with Crippen molar-refractivity contribution in [2.45, 2.75) is 40.0 Å². The van der Waals surface area contributed by atoms with Gasteiger partial charge in [-0.05, 0) is 36.0 Å². The molecule has 0 fully saturated rings. The average molecular weight is 344 g/mol. The van der Waals surface area contributed by atoms with Crippen molar-refractivity contribution < 1.29 is 0 Å². The van der Waals surface area contributed by atoms with Gasteiger partial charge in [0.15, 0.2) is 8.80 Å². The molecule has 0 amide bonds. The van der Waals surface area contributed by atoms with Crippen molar-refractivity contribution in [2.75, 3.05) is 0 Å². The first-order valence-corrected chi connectivity index (χ1v) is 10.9. The van der Waals surface area contributed by atoms with E-state index in [1.807, 2.05) is 0 Å². The summed E-state index contributed by atoms with van der Waals surface area (Å²) in [6, 6.07) is 27.8. The van der Waals surface area contributed by atoms with Crippen molar-refractivity contribution in [1.29, 1.82) is 0 Å². The van der Waals surface area contributed by atoms with Crippen LogP contribution in [0.1, 0.15) is 37.5 Å². The molecule has 3 rings (SSSR count). The van der Waals surface area contributed by atoms with E-state index in [-0.39, 0.29) is 0 Å². The lowest BCUT2D eigenvalue weighted by molar-refractivity contribution is 1.14. The summed E-state index contributed by atoms with van der Waals surface area (Å²) in [5.74, 6) is 0. The van der Waals surface area contributed by atoms with Crippen LogP contribution in [0.15, 0.2) is 72.8 Å². The minimum Gasteiger partial charge on any atom is -0.0621 e.